The van der Waals surface area contributed by atoms with Gasteiger partial charge in [0.2, 0.25) is 0 Å². The van der Waals surface area contributed by atoms with Gasteiger partial charge in [-0.1, -0.05) is 117 Å². The minimum absolute atomic E-state index is 0.00523. The molecule has 0 saturated carbocycles. The third-order valence-corrected chi connectivity index (χ3v) is 12.2. The predicted molar refractivity (Wildman–Crippen MR) is 228 cm³/mol. The Kier molecular flexibility index (Phi) is 6.41. The maximum atomic E-state index is 6.52. The zero-order valence-corrected chi connectivity index (χ0v) is 32.7. The van der Waals surface area contributed by atoms with E-state index in [0.717, 1.165) is 21.9 Å². The molecule has 2 aromatic heterocycles. The van der Waals surface area contributed by atoms with Crippen molar-refractivity contribution in [2.45, 2.75) is 85.5 Å². The number of furan rings is 1. The molecule has 10 rings (SSSR count). The van der Waals surface area contributed by atoms with Crippen molar-refractivity contribution in [3.05, 3.63) is 125 Å². The molecule has 0 radical (unpaired) electrons. The van der Waals surface area contributed by atoms with E-state index in [1.54, 1.807) is 0 Å². The summed E-state index contributed by atoms with van der Waals surface area (Å²) >= 11 is 0. The lowest BCUT2D eigenvalue weighted by atomic mass is 9.43. The maximum Gasteiger partial charge on any atom is 0.333 e. The Labute approximate surface area is 313 Å². The molecular weight excluding hydrogens is 643 g/mol. The molecule has 0 unspecified atom stereocenters. The number of rotatable bonds is 1. The Balaban J connectivity index is 1.39. The van der Waals surface area contributed by atoms with Crippen LogP contribution in [0.1, 0.15) is 84.6 Å². The van der Waals surface area contributed by atoms with Crippen LogP contribution >= 0.6 is 0 Å². The number of aromatic nitrogens is 1. The van der Waals surface area contributed by atoms with E-state index >= 15 is 0 Å². The minimum Gasteiger partial charge on any atom is -0.456 e. The van der Waals surface area contributed by atoms with E-state index in [1.807, 2.05) is 0 Å². The molecule has 0 amide bonds. The lowest BCUT2D eigenvalue weighted by Gasteiger charge is -2.43. The molecular formula is C49H47BN2O. The molecule has 0 N–H and O–H groups in total. The van der Waals surface area contributed by atoms with Crippen LogP contribution in [0.15, 0.2) is 108 Å². The highest BCUT2D eigenvalue weighted by molar-refractivity contribution is 6.93. The van der Waals surface area contributed by atoms with Crippen molar-refractivity contribution in [3.63, 3.8) is 0 Å². The van der Waals surface area contributed by atoms with Crippen molar-refractivity contribution < 1.29 is 4.42 Å². The topological polar surface area (TPSA) is 21.3 Å². The van der Waals surface area contributed by atoms with Crippen LogP contribution < -0.4 is 15.7 Å². The van der Waals surface area contributed by atoms with Crippen LogP contribution in [0.25, 0.3) is 60.6 Å². The summed E-state index contributed by atoms with van der Waals surface area (Å²) in [4.78, 5) is 2.65. The molecule has 6 aromatic carbocycles. The van der Waals surface area contributed by atoms with E-state index in [-0.39, 0.29) is 23.1 Å². The van der Waals surface area contributed by atoms with Gasteiger partial charge in [0.15, 0.2) is 0 Å². The number of fused-ring (bicyclic) bond motifs is 11. The molecule has 2 aliphatic heterocycles. The Morgan fingerprint density at radius 1 is 0.547 bits per heavy atom. The first-order valence-corrected chi connectivity index (χ1v) is 19.2. The molecule has 0 fully saturated rings. The monoisotopic (exact) mass is 690 g/mol. The quantitative estimate of drug-likeness (QED) is 0.160. The molecule has 8 aromatic rings. The SMILES string of the molecule is Cc1cc2c3c4c1c1cc5oc6ccccc6c5cc1n4-c1ccc(C(C)(C)C)cc1B3N(c1ccc(C(C)(C)C)cc1)c1ccc(C(C)(C)C)cc1-2. The van der Waals surface area contributed by atoms with Crippen molar-refractivity contribution >= 4 is 72.9 Å². The molecule has 0 aliphatic carbocycles. The molecule has 3 nitrogen and oxygen atoms in total. The highest BCUT2D eigenvalue weighted by Gasteiger charge is 2.45. The standard InChI is InChI=1S/C49H47BN2O/c1-28-23-36-34-24-30(48(5,6)7)17-21-39(34)52(32-19-15-29(16-20-32)47(2,3)4)50-38-25-31(49(8,9)10)18-22-40(38)51-41-26-35-33-13-11-12-14-42(33)53-43(35)27-37(41)44(28)46(51)45(36)50/h11-27H,1-10H3. The second kappa shape index (κ2) is 10.5. The van der Waals surface area contributed by atoms with Crippen LogP contribution in [0.5, 0.6) is 0 Å². The van der Waals surface area contributed by atoms with E-state index < -0.39 is 0 Å². The fourth-order valence-electron chi connectivity index (χ4n) is 9.25. The van der Waals surface area contributed by atoms with Crippen LogP contribution in [0, 0.1) is 6.92 Å². The third-order valence-electron chi connectivity index (χ3n) is 12.2. The first-order valence-electron chi connectivity index (χ1n) is 19.2. The average Bonchev–Trinajstić information content (AvgIpc) is 3.64. The van der Waals surface area contributed by atoms with E-state index in [1.165, 1.54) is 83.2 Å². The number of hydrogen-bond donors (Lipinski definition) is 0. The van der Waals surface area contributed by atoms with Crippen molar-refractivity contribution in [1.29, 1.82) is 0 Å². The number of anilines is 2. The number of aryl methyl sites for hydroxylation is 1. The molecule has 0 saturated heterocycles. The summed E-state index contributed by atoms with van der Waals surface area (Å²) in [5, 5.41) is 4.88. The molecule has 0 bridgehead atoms. The smallest absolute Gasteiger partial charge is 0.333 e. The molecule has 0 spiro atoms. The lowest BCUT2D eigenvalue weighted by molar-refractivity contribution is 0.590. The number of benzene rings is 6. The van der Waals surface area contributed by atoms with Crippen LogP contribution in [0.3, 0.4) is 0 Å². The number of para-hydroxylation sites is 1. The summed E-state index contributed by atoms with van der Waals surface area (Å²) < 4.78 is 9.11. The van der Waals surface area contributed by atoms with E-state index in [0.29, 0.717) is 0 Å². The Bertz CT molecular complexity index is 2850. The molecule has 0 atom stereocenters. The van der Waals surface area contributed by atoms with Crippen molar-refractivity contribution in [1.82, 2.24) is 4.57 Å². The zero-order chi connectivity index (χ0) is 36.9. The summed E-state index contributed by atoms with van der Waals surface area (Å²) in [5.74, 6) is 0. The third kappa shape index (κ3) is 4.54. The van der Waals surface area contributed by atoms with Gasteiger partial charge in [0.25, 0.3) is 0 Å². The number of hydrogen-bond acceptors (Lipinski definition) is 2. The number of nitrogens with zero attached hydrogens (tertiary/aromatic N) is 2. The highest BCUT2D eigenvalue weighted by Crippen LogP contribution is 2.48. The van der Waals surface area contributed by atoms with Gasteiger partial charge >= 0.3 is 6.85 Å². The molecule has 4 heterocycles. The van der Waals surface area contributed by atoms with Crippen molar-refractivity contribution in [3.8, 4) is 16.8 Å². The lowest BCUT2D eigenvalue weighted by Crippen LogP contribution is -2.60. The zero-order valence-electron chi connectivity index (χ0n) is 32.7. The van der Waals surface area contributed by atoms with Gasteiger partial charge in [0, 0.05) is 44.2 Å². The van der Waals surface area contributed by atoms with Crippen molar-refractivity contribution in [2.24, 2.45) is 0 Å². The highest BCUT2D eigenvalue weighted by atomic mass is 16.3. The Morgan fingerprint density at radius 2 is 1.19 bits per heavy atom. The second-order valence-corrected chi connectivity index (χ2v) is 18.8. The van der Waals surface area contributed by atoms with E-state index in [4.69, 9.17) is 4.42 Å². The fraction of sp³-hybridized carbons (Fsp3) is 0.265. The van der Waals surface area contributed by atoms with E-state index in [9.17, 15) is 0 Å². The molecule has 262 valence electrons. The fourth-order valence-corrected chi connectivity index (χ4v) is 9.25. The van der Waals surface area contributed by atoms with Crippen LogP contribution in [-0.4, -0.2) is 11.4 Å². The van der Waals surface area contributed by atoms with Gasteiger partial charge in [-0.2, -0.15) is 0 Å². The van der Waals surface area contributed by atoms with Crippen LogP contribution in [0.4, 0.5) is 11.4 Å². The normalized spacial score (nSPS) is 14.2. The summed E-state index contributed by atoms with van der Waals surface area (Å²) in [6.07, 6.45) is 0. The van der Waals surface area contributed by atoms with Gasteiger partial charge < -0.3 is 13.8 Å². The van der Waals surface area contributed by atoms with Gasteiger partial charge in [-0.05, 0) is 110 Å². The Hall–Kier alpha value is -5.22. The van der Waals surface area contributed by atoms with Gasteiger partial charge in [-0.15, -0.1) is 0 Å². The van der Waals surface area contributed by atoms with Gasteiger partial charge in [-0.3, -0.25) is 0 Å². The van der Waals surface area contributed by atoms with Gasteiger partial charge in [0.05, 0.1) is 11.0 Å². The summed E-state index contributed by atoms with van der Waals surface area (Å²) in [7, 11) is 0. The predicted octanol–water partition coefficient (Wildman–Crippen LogP) is 12.1. The summed E-state index contributed by atoms with van der Waals surface area (Å²) in [6.45, 7) is 23.1. The molecule has 4 heteroatoms. The van der Waals surface area contributed by atoms with Crippen LogP contribution in [0.2, 0.25) is 0 Å². The maximum absolute atomic E-state index is 6.52. The van der Waals surface area contributed by atoms with Crippen LogP contribution in [-0.2, 0) is 16.2 Å². The molecule has 2 aliphatic rings. The molecule has 53 heavy (non-hydrogen) atoms. The minimum atomic E-state index is -0.0143. The summed E-state index contributed by atoms with van der Waals surface area (Å²) in [5.41, 5.74) is 18.9. The van der Waals surface area contributed by atoms with Crippen molar-refractivity contribution in [2.75, 3.05) is 4.81 Å². The Morgan fingerprint density at radius 3 is 1.89 bits per heavy atom. The second-order valence-electron chi connectivity index (χ2n) is 18.8. The first kappa shape index (κ1) is 32.4. The van der Waals surface area contributed by atoms with Gasteiger partial charge in [0.1, 0.15) is 11.2 Å². The summed E-state index contributed by atoms with van der Waals surface area (Å²) in [6, 6.07) is 39.5. The first-order chi connectivity index (χ1) is 25.1. The average molecular weight is 691 g/mol. The largest absolute Gasteiger partial charge is 0.456 e. The van der Waals surface area contributed by atoms with E-state index in [2.05, 4.69) is 182 Å². The van der Waals surface area contributed by atoms with Gasteiger partial charge in [-0.25, -0.2) is 0 Å².